The van der Waals surface area contributed by atoms with E-state index in [9.17, 15) is 23.3 Å². The summed E-state index contributed by atoms with van der Waals surface area (Å²) >= 11 is 0. The largest absolute Gasteiger partial charge is 0.478 e. The summed E-state index contributed by atoms with van der Waals surface area (Å²) in [5, 5.41) is 11.5. The fourth-order valence-electron chi connectivity index (χ4n) is 3.48. The molecule has 0 spiro atoms. The van der Waals surface area contributed by atoms with Gasteiger partial charge in [0.2, 0.25) is 10.0 Å². The topological polar surface area (TPSA) is 107 Å². The van der Waals surface area contributed by atoms with Crippen LogP contribution in [0.4, 0.5) is 5.69 Å². The van der Waals surface area contributed by atoms with Crippen LogP contribution in [-0.2, 0) is 10.0 Å². The number of ketones is 1. The number of carbonyl (C=O) groups excluding carboxylic acids is 1. The van der Waals surface area contributed by atoms with Gasteiger partial charge >= 0.3 is 5.69 Å². The summed E-state index contributed by atoms with van der Waals surface area (Å²) in [6.07, 6.45) is 1.53. The zero-order chi connectivity index (χ0) is 22.1. The molecule has 0 aromatic heterocycles. The Morgan fingerprint density at radius 2 is 1.70 bits per heavy atom. The van der Waals surface area contributed by atoms with Gasteiger partial charge in [-0.1, -0.05) is 6.07 Å². The lowest BCUT2D eigenvalue weighted by Gasteiger charge is -2.16. The van der Waals surface area contributed by atoms with E-state index in [2.05, 4.69) is 0 Å². The molecular formula is C21H24N2O6S. The van der Waals surface area contributed by atoms with Gasteiger partial charge in [0, 0.05) is 24.7 Å². The van der Waals surface area contributed by atoms with Gasteiger partial charge in [-0.15, -0.1) is 0 Å². The summed E-state index contributed by atoms with van der Waals surface area (Å²) in [5.41, 5.74) is 2.84. The number of aryl methyl sites for hydroxylation is 3. The number of nitro benzene ring substituents is 1. The first-order valence-corrected chi connectivity index (χ1v) is 11.1. The highest BCUT2D eigenvalue weighted by Crippen LogP contribution is 2.32. The normalized spacial score (nSPS) is 14.6. The molecule has 1 aliphatic heterocycles. The second kappa shape index (κ2) is 8.53. The van der Waals surface area contributed by atoms with Gasteiger partial charge in [-0.05, 0) is 68.5 Å². The van der Waals surface area contributed by atoms with Gasteiger partial charge in [-0.3, -0.25) is 14.9 Å². The van der Waals surface area contributed by atoms with Gasteiger partial charge in [-0.2, -0.15) is 4.31 Å². The van der Waals surface area contributed by atoms with Crippen LogP contribution in [0.1, 0.15) is 39.9 Å². The number of sulfonamides is 1. The molecule has 0 N–H and O–H groups in total. The summed E-state index contributed by atoms with van der Waals surface area (Å²) in [6.45, 7) is 6.09. The number of hydrogen-bond donors (Lipinski definition) is 0. The SMILES string of the molecule is Cc1cc(C)c(C(=O)COc2ccc(S(=O)(=O)N3CCCC3)cc2[N+](=O)[O-])cc1C. The molecule has 0 unspecified atom stereocenters. The zero-order valence-corrected chi connectivity index (χ0v) is 18.0. The van der Waals surface area contributed by atoms with Crippen LogP contribution in [0.25, 0.3) is 0 Å². The van der Waals surface area contributed by atoms with E-state index in [4.69, 9.17) is 4.74 Å². The van der Waals surface area contributed by atoms with Crippen LogP contribution in [-0.4, -0.2) is 43.1 Å². The molecule has 1 saturated heterocycles. The minimum Gasteiger partial charge on any atom is -0.478 e. The smallest absolute Gasteiger partial charge is 0.312 e. The standard InChI is InChI=1S/C21H24N2O6S/c1-14-10-16(3)18(11-15(14)2)20(24)13-29-21-7-6-17(12-19(21)23(25)26)30(27,28)22-8-4-5-9-22/h6-7,10-12H,4-5,8-9,13H2,1-3H3. The molecule has 30 heavy (non-hydrogen) atoms. The first-order valence-electron chi connectivity index (χ1n) is 9.63. The number of ether oxygens (including phenoxy) is 1. The summed E-state index contributed by atoms with van der Waals surface area (Å²) < 4.78 is 32.1. The number of rotatable bonds is 7. The van der Waals surface area contributed by atoms with E-state index in [-0.39, 0.29) is 23.0 Å². The Balaban J connectivity index is 1.83. The van der Waals surface area contributed by atoms with Crippen LogP contribution < -0.4 is 4.74 Å². The van der Waals surface area contributed by atoms with Crippen LogP contribution in [0.5, 0.6) is 5.75 Å². The van der Waals surface area contributed by atoms with Crippen LogP contribution in [0.3, 0.4) is 0 Å². The van der Waals surface area contributed by atoms with E-state index in [1.54, 1.807) is 6.07 Å². The molecule has 0 amide bonds. The number of benzene rings is 2. The van der Waals surface area contributed by atoms with Crippen molar-refractivity contribution in [2.24, 2.45) is 0 Å². The van der Waals surface area contributed by atoms with Crippen molar-refractivity contribution in [2.45, 2.75) is 38.5 Å². The second-order valence-electron chi connectivity index (χ2n) is 7.46. The molecule has 0 radical (unpaired) electrons. The fraction of sp³-hybridized carbons (Fsp3) is 0.381. The first kappa shape index (κ1) is 21.9. The summed E-state index contributed by atoms with van der Waals surface area (Å²) in [7, 11) is -3.79. The maximum Gasteiger partial charge on any atom is 0.312 e. The van der Waals surface area contributed by atoms with Gasteiger partial charge in [0.25, 0.3) is 0 Å². The van der Waals surface area contributed by atoms with E-state index < -0.39 is 20.6 Å². The minimum absolute atomic E-state index is 0.143. The summed E-state index contributed by atoms with van der Waals surface area (Å²) in [6, 6.07) is 7.19. The quantitative estimate of drug-likeness (QED) is 0.376. The van der Waals surface area contributed by atoms with Gasteiger partial charge in [0.1, 0.15) is 0 Å². The Kier molecular flexibility index (Phi) is 6.23. The average molecular weight is 432 g/mol. The molecule has 8 nitrogen and oxygen atoms in total. The number of hydrogen-bond acceptors (Lipinski definition) is 6. The molecule has 1 fully saturated rings. The highest BCUT2D eigenvalue weighted by molar-refractivity contribution is 7.89. The molecule has 3 rings (SSSR count). The van der Waals surface area contributed by atoms with Crippen molar-refractivity contribution >= 4 is 21.5 Å². The fourth-order valence-corrected chi connectivity index (χ4v) is 5.02. The molecule has 0 bridgehead atoms. The molecule has 0 atom stereocenters. The molecule has 2 aromatic rings. The van der Waals surface area contributed by atoms with Gasteiger partial charge in [-0.25, -0.2) is 8.42 Å². The molecule has 2 aromatic carbocycles. The molecule has 9 heteroatoms. The molecule has 0 aliphatic carbocycles. The van der Waals surface area contributed by atoms with Crippen molar-refractivity contribution in [2.75, 3.05) is 19.7 Å². The Morgan fingerprint density at radius 3 is 2.33 bits per heavy atom. The zero-order valence-electron chi connectivity index (χ0n) is 17.2. The van der Waals surface area contributed by atoms with Crippen molar-refractivity contribution in [1.29, 1.82) is 0 Å². The van der Waals surface area contributed by atoms with E-state index in [1.165, 1.54) is 16.4 Å². The number of carbonyl (C=O) groups is 1. The van der Waals surface area contributed by atoms with Crippen molar-refractivity contribution in [3.63, 3.8) is 0 Å². The van der Waals surface area contributed by atoms with E-state index in [0.29, 0.717) is 18.7 Å². The molecule has 1 aliphatic rings. The highest BCUT2D eigenvalue weighted by atomic mass is 32.2. The molecule has 160 valence electrons. The molecule has 1 heterocycles. The van der Waals surface area contributed by atoms with Crippen molar-refractivity contribution in [1.82, 2.24) is 4.31 Å². The third-order valence-corrected chi connectivity index (χ3v) is 7.22. The summed E-state index contributed by atoms with van der Waals surface area (Å²) in [5.74, 6) is -0.450. The highest BCUT2D eigenvalue weighted by Gasteiger charge is 2.30. The Hall–Kier alpha value is -2.78. The Labute approximate surface area is 175 Å². The lowest BCUT2D eigenvalue weighted by Crippen LogP contribution is -2.27. The number of nitrogens with zero attached hydrogens (tertiary/aromatic N) is 2. The lowest BCUT2D eigenvalue weighted by atomic mass is 9.98. The molecule has 0 saturated carbocycles. The average Bonchev–Trinajstić information content (AvgIpc) is 3.24. The predicted molar refractivity (Wildman–Crippen MR) is 112 cm³/mol. The van der Waals surface area contributed by atoms with Crippen molar-refractivity contribution in [3.05, 3.63) is 62.7 Å². The second-order valence-corrected chi connectivity index (χ2v) is 9.40. The summed E-state index contributed by atoms with van der Waals surface area (Å²) in [4.78, 5) is 23.2. The van der Waals surface area contributed by atoms with E-state index in [1.807, 2.05) is 26.8 Å². The van der Waals surface area contributed by atoms with Gasteiger partial charge < -0.3 is 4.74 Å². The van der Waals surface area contributed by atoms with Gasteiger partial charge in [0.15, 0.2) is 18.1 Å². The maximum atomic E-state index is 12.7. The van der Waals surface area contributed by atoms with Crippen molar-refractivity contribution < 1.29 is 22.9 Å². The number of nitro groups is 1. The maximum absolute atomic E-state index is 12.7. The lowest BCUT2D eigenvalue weighted by molar-refractivity contribution is -0.386. The Morgan fingerprint density at radius 1 is 1.07 bits per heavy atom. The van der Waals surface area contributed by atoms with Crippen LogP contribution >= 0.6 is 0 Å². The van der Waals surface area contributed by atoms with Crippen LogP contribution in [0.2, 0.25) is 0 Å². The predicted octanol–water partition coefficient (Wildman–Crippen LogP) is 3.57. The third kappa shape index (κ3) is 4.36. The minimum atomic E-state index is -3.79. The first-order chi connectivity index (χ1) is 14.1. The van der Waals surface area contributed by atoms with Crippen LogP contribution in [0, 0.1) is 30.9 Å². The molecular weight excluding hydrogens is 408 g/mol. The van der Waals surface area contributed by atoms with E-state index >= 15 is 0 Å². The van der Waals surface area contributed by atoms with Crippen molar-refractivity contribution in [3.8, 4) is 5.75 Å². The monoisotopic (exact) mass is 432 g/mol. The number of Topliss-reactive ketones (excluding diaryl/α,β-unsaturated/α-hetero) is 1. The van der Waals surface area contributed by atoms with Gasteiger partial charge in [0.05, 0.1) is 9.82 Å². The van der Waals surface area contributed by atoms with E-state index in [0.717, 1.165) is 35.6 Å². The Bertz CT molecular complexity index is 1100. The van der Waals surface area contributed by atoms with Crippen LogP contribution in [0.15, 0.2) is 35.2 Å². The third-order valence-electron chi connectivity index (χ3n) is 5.33.